The second-order valence-corrected chi connectivity index (χ2v) is 5.96. The van der Waals surface area contributed by atoms with Crippen LogP contribution in [0.5, 0.6) is 0 Å². The van der Waals surface area contributed by atoms with E-state index in [0.717, 1.165) is 31.3 Å². The summed E-state index contributed by atoms with van der Waals surface area (Å²) >= 11 is 0. The topological polar surface area (TPSA) is 41.1 Å². The van der Waals surface area contributed by atoms with E-state index in [2.05, 4.69) is 41.0 Å². The molecule has 2 rings (SSSR count). The van der Waals surface area contributed by atoms with E-state index in [1.807, 2.05) is 13.2 Å². The standard InChI is InChI=1S/C15H26N4/c1-5-15(3)6-8-19(9-7-15)14-17-11-13(10-16-4)12(2)18-14/h11,16H,5-10H2,1-4H3. The summed E-state index contributed by atoms with van der Waals surface area (Å²) in [6.07, 6.45) is 5.71. The van der Waals surface area contributed by atoms with Crippen molar-refractivity contribution in [2.75, 3.05) is 25.0 Å². The Morgan fingerprint density at radius 3 is 2.58 bits per heavy atom. The third-order valence-corrected chi connectivity index (χ3v) is 4.54. The van der Waals surface area contributed by atoms with Gasteiger partial charge in [-0.1, -0.05) is 20.3 Å². The second-order valence-electron chi connectivity index (χ2n) is 5.96. The van der Waals surface area contributed by atoms with Gasteiger partial charge in [0.2, 0.25) is 5.95 Å². The van der Waals surface area contributed by atoms with Crippen molar-refractivity contribution >= 4 is 5.95 Å². The summed E-state index contributed by atoms with van der Waals surface area (Å²) in [6, 6.07) is 0. The fourth-order valence-electron chi connectivity index (χ4n) is 2.60. The Labute approximate surface area is 116 Å². The molecule has 4 nitrogen and oxygen atoms in total. The van der Waals surface area contributed by atoms with Crippen LogP contribution in [0.3, 0.4) is 0 Å². The van der Waals surface area contributed by atoms with E-state index in [1.54, 1.807) is 0 Å². The minimum absolute atomic E-state index is 0.512. The molecular formula is C15H26N4. The highest BCUT2D eigenvalue weighted by molar-refractivity contribution is 5.33. The fraction of sp³-hybridized carbons (Fsp3) is 0.733. The van der Waals surface area contributed by atoms with Gasteiger partial charge in [0.1, 0.15) is 0 Å². The van der Waals surface area contributed by atoms with Gasteiger partial charge in [0.15, 0.2) is 0 Å². The maximum Gasteiger partial charge on any atom is 0.225 e. The molecule has 1 aliphatic heterocycles. The summed E-state index contributed by atoms with van der Waals surface area (Å²) in [4.78, 5) is 11.5. The quantitative estimate of drug-likeness (QED) is 0.905. The number of rotatable bonds is 4. The highest BCUT2D eigenvalue weighted by atomic mass is 15.3. The molecule has 0 aromatic carbocycles. The van der Waals surface area contributed by atoms with Crippen LogP contribution >= 0.6 is 0 Å². The Morgan fingerprint density at radius 1 is 1.37 bits per heavy atom. The van der Waals surface area contributed by atoms with Crippen molar-refractivity contribution < 1.29 is 0 Å². The predicted octanol–water partition coefficient (Wildman–Crippen LogP) is 2.52. The molecule has 1 aliphatic rings. The van der Waals surface area contributed by atoms with Crippen LogP contribution in [-0.4, -0.2) is 30.1 Å². The summed E-state index contributed by atoms with van der Waals surface area (Å²) in [5, 5.41) is 3.15. The van der Waals surface area contributed by atoms with Crippen LogP contribution in [0.2, 0.25) is 0 Å². The molecule has 0 amide bonds. The molecule has 0 atom stereocenters. The van der Waals surface area contributed by atoms with E-state index >= 15 is 0 Å². The first-order valence-electron chi connectivity index (χ1n) is 7.30. The molecule has 1 aromatic rings. The molecule has 1 fully saturated rings. The van der Waals surface area contributed by atoms with Gasteiger partial charge in [-0.15, -0.1) is 0 Å². The van der Waals surface area contributed by atoms with Crippen LogP contribution in [0.25, 0.3) is 0 Å². The molecule has 2 heterocycles. The zero-order valence-electron chi connectivity index (χ0n) is 12.7. The molecule has 0 bridgehead atoms. The molecular weight excluding hydrogens is 236 g/mol. The van der Waals surface area contributed by atoms with Crippen LogP contribution in [0, 0.1) is 12.3 Å². The Kier molecular flexibility index (Phi) is 4.40. The number of hydrogen-bond donors (Lipinski definition) is 1. The lowest BCUT2D eigenvalue weighted by molar-refractivity contribution is 0.237. The summed E-state index contributed by atoms with van der Waals surface area (Å²) in [5.41, 5.74) is 2.78. The van der Waals surface area contributed by atoms with Gasteiger partial charge < -0.3 is 10.2 Å². The van der Waals surface area contributed by atoms with Crippen LogP contribution in [0.4, 0.5) is 5.95 Å². The minimum Gasteiger partial charge on any atom is -0.341 e. The zero-order valence-corrected chi connectivity index (χ0v) is 12.7. The first kappa shape index (κ1) is 14.3. The Hall–Kier alpha value is -1.16. The first-order chi connectivity index (χ1) is 9.08. The van der Waals surface area contributed by atoms with Gasteiger partial charge in [0.25, 0.3) is 0 Å². The highest BCUT2D eigenvalue weighted by Crippen LogP contribution is 2.34. The monoisotopic (exact) mass is 262 g/mol. The SMILES string of the molecule is CCC1(C)CCN(c2ncc(CNC)c(C)n2)CC1. The average molecular weight is 262 g/mol. The lowest BCUT2D eigenvalue weighted by atomic mass is 9.78. The molecule has 0 radical (unpaired) electrons. The summed E-state index contributed by atoms with van der Waals surface area (Å²) < 4.78 is 0. The molecule has 106 valence electrons. The van der Waals surface area contributed by atoms with Crippen molar-refractivity contribution in [2.45, 2.75) is 46.6 Å². The van der Waals surface area contributed by atoms with Gasteiger partial charge in [-0.25, -0.2) is 9.97 Å². The van der Waals surface area contributed by atoms with E-state index < -0.39 is 0 Å². The second kappa shape index (κ2) is 5.87. The lowest BCUT2D eigenvalue weighted by Crippen LogP contribution is -2.39. The molecule has 0 unspecified atom stereocenters. The Bertz CT molecular complexity index is 422. The van der Waals surface area contributed by atoms with Gasteiger partial charge in [-0.2, -0.15) is 0 Å². The molecule has 19 heavy (non-hydrogen) atoms. The minimum atomic E-state index is 0.512. The van der Waals surface area contributed by atoms with Crippen molar-refractivity contribution in [3.05, 3.63) is 17.5 Å². The summed E-state index contributed by atoms with van der Waals surface area (Å²) in [5.74, 6) is 0.899. The number of aryl methyl sites for hydroxylation is 1. The van der Waals surface area contributed by atoms with Crippen molar-refractivity contribution in [2.24, 2.45) is 5.41 Å². The van der Waals surface area contributed by atoms with Crippen LogP contribution in [0.15, 0.2) is 6.20 Å². The van der Waals surface area contributed by atoms with E-state index in [4.69, 9.17) is 0 Å². The molecule has 1 aromatic heterocycles. The average Bonchev–Trinajstić information content (AvgIpc) is 2.42. The van der Waals surface area contributed by atoms with E-state index in [9.17, 15) is 0 Å². The Morgan fingerprint density at radius 2 is 2.05 bits per heavy atom. The Balaban J connectivity index is 2.06. The zero-order chi connectivity index (χ0) is 13.9. The number of piperidine rings is 1. The molecule has 0 saturated carbocycles. The van der Waals surface area contributed by atoms with Gasteiger partial charge in [-0.3, -0.25) is 0 Å². The normalized spacial score (nSPS) is 18.6. The largest absolute Gasteiger partial charge is 0.341 e. The van der Waals surface area contributed by atoms with E-state index in [0.29, 0.717) is 5.41 Å². The van der Waals surface area contributed by atoms with Gasteiger partial charge >= 0.3 is 0 Å². The fourth-order valence-corrected chi connectivity index (χ4v) is 2.60. The van der Waals surface area contributed by atoms with Gasteiger partial charge in [0, 0.05) is 37.1 Å². The van der Waals surface area contributed by atoms with E-state index in [-0.39, 0.29) is 0 Å². The number of nitrogens with zero attached hydrogens (tertiary/aromatic N) is 3. The van der Waals surface area contributed by atoms with Crippen molar-refractivity contribution in [1.82, 2.24) is 15.3 Å². The van der Waals surface area contributed by atoms with Gasteiger partial charge in [0.05, 0.1) is 0 Å². The predicted molar refractivity (Wildman–Crippen MR) is 79.4 cm³/mol. The number of hydrogen-bond acceptors (Lipinski definition) is 4. The maximum atomic E-state index is 4.66. The van der Waals surface area contributed by atoms with E-state index in [1.165, 1.54) is 24.8 Å². The van der Waals surface area contributed by atoms with Crippen LogP contribution in [-0.2, 0) is 6.54 Å². The lowest BCUT2D eigenvalue weighted by Gasteiger charge is -2.39. The number of aromatic nitrogens is 2. The smallest absolute Gasteiger partial charge is 0.225 e. The molecule has 1 N–H and O–H groups in total. The molecule has 4 heteroatoms. The third-order valence-electron chi connectivity index (χ3n) is 4.54. The van der Waals surface area contributed by atoms with Crippen LogP contribution < -0.4 is 10.2 Å². The van der Waals surface area contributed by atoms with Crippen LogP contribution in [0.1, 0.15) is 44.4 Å². The van der Waals surface area contributed by atoms with Crippen molar-refractivity contribution in [3.8, 4) is 0 Å². The maximum absolute atomic E-state index is 4.66. The number of nitrogens with one attached hydrogen (secondary N) is 1. The number of anilines is 1. The molecule has 0 spiro atoms. The summed E-state index contributed by atoms with van der Waals surface area (Å²) in [6.45, 7) is 9.75. The summed E-state index contributed by atoms with van der Waals surface area (Å²) in [7, 11) is 1.95. The molecule has 0 aliphatic carbocycles. The van der Waals surface area contributed by atoms with Crippen molar-refractivity contribution in [1.29, 1.82) is 0 Å². The molecule has 1 saturated heterocycles. The van der Waals surface area contributed by atoms with Crippen molar-refractivity contribution in [3.63, 3.8) is 0 Å². The highest BCUT2D eigenvalue weighted by Gasteiger charge is 2.29. The third kappa shape index (κ3) is 3.24. The van der Waals surface area contributed by atoms with Gasteiger partial charge in [-0.05, 0) is 32.2 Å². The first-order valence-corrected chi connectivity index (χ1v) is 7.30.